The molecule has 0 aliphatic heterocycles. The average Bonchev–Trinajstić information content (AvgIpc) is 2.65. The predicted octanol–water partition coefficient (Wildman–Crippen LogP) is 1.70. The molecule has 15 heavy (non-hydrogen) atoms. The van der Waals surface area contributed by atoms with Gasteiger partial charge in [0.1, 0.15) is 5.75 Å². The van der Waals surface area contributed by atoms with Crippen molar-refractivity contribution in [1.29, 1.82) is 0 Å². The summed E-state index contributed by atoms with van der Waals surface area (Å²) in [5, 5.41) is 9.31. The third-order valence-corrected chi connectivity index (χ3v) is 2.32. The maximum absolute atomic E-state index is 9.31. The zero-order valence-corrected chi connectivity index (χ0v) is 8.43. The van der Waals surface area contributed by atoms with Crippen LogP contribution in [0.2, 0.25) is 0 Å². The molecule has 2 rings (SSSR count). The summed E-state index contributed by atoms with van der Waals surface area (Å²) in [6.45, 7) is 1.32. The molecule has 0 saturated heterocycles. The monoisotopic (exact) mass is 202 g/mol. The second-order valence-electron chi connectivity index (χ2n) is 3.57. The lowest BCUT2D eigenvalue weighted by Gasteiger charge is -2.03. The molecule has 0 aliphatic carbocycles. The normalized spacial score (nSPS) is 10.5. The van der Waals surface area contributed by atoms with Gasteiger partial charge in [0.15, 0.2) is 0 Å². The van der Waals surface area contributed by atoms with Crippen molar-refractivity contribution in [3.05, 3.63) is 53.9 Å². The third-order valence-electron chi connectivity index (χ3n) is 2.32. The van der Waals surface area contributed by atoms with Crippen molar-refractivity contribution in [3.63, 3.8) is 0 Å². The summed E-state index contributed by atoms with van der Waals surface area (Å²) in [6.07, 6.45) is 4.01. The number of phenols is 1. The van der Waals surface area contributed by atoms with Crippen LogP contribution >= 0.6 is 0 Å². The van der Waals surface area contributed by atoms with Crippen LogP contribution in [0, 0.1) is 0 Å². The van der Waals surface area contributed by atoms with Crippen LogP contribution in [0.4, 0.5) is 0 Å². The van der Waals surface area contributed by atoms with E-state index in [0.29, 0.717) is 12.3 Å². The second kappa shape index (κ2) is 4.19. The molecule has 0 radical (unpaired) electrons. The highest BCUT2D eigenvalue weighted by molar-refractivity contribution is 5.27. The van der Waals surface area contributed by atoms with Crippen LogP contribution in [0.25, 0.3) is 0 Å². The first-order valence-electron chi connectivity index (χ1n) is 4.90. The lowest BCUT2D eigenvalue weighted by molar-refractivity contribution is 0.474. The Hall–Kier alpha value is -1.74. The minimum Gasteiger partial charge on any atom is -0.508 e. The molecular weight excluding hydrogens is 188 g/mol. The van der Waals surface area contributed by atoms with E-state index < -0.39 is 0 Å². The molecule has 0 fully saturated rings. The van der Waals surface area contributed by atoms with Gasteiger partial charge in [-0.2, -0.15) is 0 Å². The summed E-state index contributed by atoms with van der Waals surface area (Å²) >= 11 is 0. The van der Waals surface area contributed by atoms with Gasteiger partial charge in [-0.1, -0.05) is 12.1 Å². The SMILES string of the molecule is NCc1ccn(Cc2cccc(O)c2)c1. The summed E-state index contributed by atoms with van der Waals surface area (Å²) in [7, 11) is 0. The second-order valence-corrected chi connectivity index (χ2v) is 3.57. The Balaban J connectivity index is 2.14. The van der Waals surface area contributed by atoms with Crippen molar-refractivity contribution in [3.8, 4) is 5.75 Å². The van der Waals surface area contributed by atoms with Gasteiger partial charge in [0.05, 0.1) is 0 Å². The Morgan fingerprint density at radius 3 is 2.73 bits per heavy atom. The van der Waals surface area contributed by atoms with Crippen LogP contribution in [0.5, 0.6) is 5.75 Å². The van der Waals surface area contributed by atoms with E-state index in [-0.39, 0.29) is 0 Å². The first-order valence-corrected chi connectivity index (χ1v) is 4.90. The first kappa shape index (κ1) is 9.80. The molecule has 2 aromatic rings. The van der Waals surface area contributed by atoms with Crippen LogP contribution in [0.1, 0.15) is 11.1 Å². The zero-order valence-electron chi connectivity index (χ0n) is 8.43. The van der Waals surface area contributed by atoms with Gasteiger partial charge in [-0.3, -0.25) is 0 Å². The zero-order chi connectivity index (χ0) is 10.7. The minimum atomic E-state index is 0.304. The van der Waals surface area contributed by atoms with Crippen LogP contribution in [-0.2, 0) is 13.1 Å². The molecule has 0 atom stereocenters. The van der Waals surface area contributed by atoms with Crippen LogP contribution in [0.15, 0.2) is 42.7 Å². The largest absolute Gasteiger partial charge is 0.508 e. The fraction of sp³-hybridized carbons (Fsp3) is 0.167. The molecule has 0 aliphatic rings. The molecular formula is C12H14N2O. The number of rotatable bonds is 3. The van der Waals surface area contributed by atoms with Gasteiger partial charge in [0.2, 0.25) is 0 Å². The lowest BCUT2D eigenvalue weighted by Crippen LogP contribution is -1.97. The van der Waals surface area contributed by atoms with Crippen molar-refractivity contribution in [2.45, 2.75) is 13.1 Å². The number of aromatic nitrogens is 1. The molecule has 0 spiro atoms. The van der Waals surface area contributed by atoms with E-state index in [9.17, 15) is 5.11 Å². The number of phenolic OH excluding ortho intramolecular Hbond substituents is 1. The molecule has 1 aromatic carbocycles. The van der Waals surface area contributed by atoms with Crippen molar-refractivity contribution in [1.82, 2.24) is 4.57 Å². The molecule has 1 heterocycles. The van der Waals surface area contributed by atoms with Crippen molar-refractivity contribution >= 4 is 0 Å². The molecule has 1 aromatic heterocycles. The van der Waals surface area contributed by atoms with Gasteiger partial charge < -0.3 is 15.4 Å². The number of nitrogens with two attached hydrogens (primary N) is 1. The summed E-state index contributed by atoms with van der Waals surface area (Å²) in [5.41, 5.74) is 7.73. The Labute approximate surface area is 88.8 Å². The van der Waals surface area contributed by atoms with E-state index in [2.05, 4.69) is 4.57 Å². The molecule has 78 valence electrons. The smallest absolute Gasteiger partial charge is 0.115 e. The molecule has 3 nitrogen and oxygen atoms in total. The summed E-state index contributed by atoms with van der Waals surface area (Å²) in [6, 6.07) is 9.27. The lowest BCUT2D eigenvalue weighted by atomic mass is 10.2. The molecule has 0 unspecified atom stereocenters. The highest BCUT2D eigenvalue weighted by atomic mass is 16.3. The van der Waals surface area contributed by atoms with Gasteiger partial charge in [0, 0.05) is 25.5 Å². The molecule has 0 amide bonds. The van der Waals surface area contributed by atoms with E-state index in [1.807, 2.05) is 30.6 Å². The molecule has 0 bridgehead atoms. The third kappa shape index (κ3) is 2.39. The van der Waals surface area contributed by atoms with Gasteiger partial charge in [0.25, 0.3) is 0 Å². The van der Waals surface area contributed by atoms with Crippen molar-refractivity contribution in [2.24, 2.45) is 5.73 Å². The predicted molar refractivity (Wildman–Crippen MR) is 59.5 cm³/mol. The number of nitrogens with zero attached hydrogens (tertiary/aromatic N) is 1. The average molecular weight is 202 g/mol. The number of hydrogen-bond donors (Lipinski definition) is 2. The first-order chi connectivity index (χ1) is 7.28. The Morgan fingerprint density at radius 1 is 1.20 bits per heavy atom. The summed E-state index contributed by atoms with van der Waals surface area (Å²) in [5.74, 6) is 0.304. The van der Waals surface area contributed by atoms with Crippen molar-refractivity contribution < 1.29 is 5.11 Å². The minimum absolute atomic E-state index is 0.304. The summed E-state index contributed by atoms with van der Waals surface area (Å²) in [4.78, 5) is 0. The Kier molecular flexibility index (Phi) is 2.74. The quantitative estimate of drug-likeness (QED) is 0.796. The number of aromatic hydroxyl groups is 1. The highest BCUT2D eigenvalue weighted by Crippen LogP contribution is 2.12. The number of hydrogen-bond acceptors (Lipinski definition) is 2. The van der Waals surface area contributed by atoms with E-state index in [4.69, 9.17) is 5.73 Å². The topological polar surface area (TPSA) is 51.2 Å². The van der Waals surface area contributed by atoms with Crippen LogP contribution in [-0.4, -0.2) is 9.67 Å². The van der Waals surface area contributed by atoms with E-state index >= 15 is 0 Å². The van der Waals surface area contributed by atoms with Crippen LogP contribution < -0.4 is 5.73 Å². The van der Waals surface area contributed by atoms with Gasteiger partial charge >= 0.3 is 0 Å². The summed E-state index contributed by atoms with van der Waals surface area (Å²) < 4.78 is 2.05. The maximum atomic E-state index is 9.31. The van der Waals surface area contributed by atoms with E-state index in [1.165, 1.54) is 0 Å². The van der Waals surface area contributed by atoms with Gasteiger partial charge in [-0.15, -0.1) is 0 Å². The van der Waals surface area contributed by atoms with E-state index in [1.54, 1.807) is 12.1 Å². The van der Waals surface area contributed by atoms with Crippen LogP contribution in [0.3, 0.4) is 0 Å². The van der Waals surface area contributed by atoms with E-state index in [0.717, 1.165) is 17.7 Å². The standard InChI is InChI=1S/C12H14N2O/c13-7-11-4-5-14(9-11)8-10-2-1-3-12(15)6-10/h1-6,9,15H,7-8,13H2. The van der Waals surface area contributed by atoms with Gasteiger partial charge in [-0.25, -0.2) is 0 Å². The van der Waals surface area contributed by atoms with Gasteiger partial charge in [-0.05, 0) is 29.3 Å². The fourth-order valence-corrected chi connectivity index (χ4v) is 1.58. The molecule has 3 heteroatoms. The number of benzene rings is 1. The molecule has 0 saturated carbocycles. The fourth-order valence-electron chi connectivity index (χ4n) is 1.58. The maximum Gasteiger partial charge on any atom is 0.115 e. The van der Waals surface area contributed by atoms with Crippen molar-refractivity contribution in [2.75, 3.05) is 0 Å². The highest BCUT2D eigenvalue weighted by Gasteiger charge is 1.97. The Morgan fingerprint density at radius 2 is 2.07 bits per heavy atom. The Bertz CT molecular complexity index is 448. The molecule has 3 N–H and O–H groups in total.